The number of nitrogens with one attached hydrogen (secondary N) is 1. The lowest BCUT2D eigenvalue weighted by Crippen LogP contribution is -2.06. The van der Waals surface area contributed by atoms with E-state index in [0.29, 0.717) is 11.3 Å². The van der Waals surface area contributed by atoms with Gasteiger partial charge in [-0.2, -0.15) is 13.2 Å². The molecule has 0 saturated carbocycles. The maximum absolute atomic E-state index is 12.7. The third kappa shape index (κ3) is 3.50. The van der Waals surface area contributed by atoms with Crippen LogP contribution in [0.1, 0.15) is 21.6 Å². The van der Waals surface area contributed by atoms with Crippen LogP contribution in [-0.4, -0.2) is 16.1 Å². The van der Waals surface area contributed by atoms with Crippen LogP contribution in [0.15, 0.2) is 36.5 Å². The first-order valence-corrected chi connectivity index (χ1v) is 5.91. The summed E-state index contributed by atoms with van der Waals surface area (Å²) in [4.78, 5) is 14.4. The molecule has 0 spiro atoms. The largest absolute Gasteiger partial charge is 0.477 e. The summed E-state index contributed by atoms with van der Waals surface area (Å²) in [6.45, 7) is 1.67. The number of halogens is 3. The van der Waals surface area contributed by atoms with Gasteiger partial charge in [-0.05, 0) is 36.8 Å². The Bertz CT molecular complexity index is 667. The normalized spacial score (nSPS) is 11.2. The number of nitrogens with zero attached hydrogens (tertiary/aromatic N) is 1. The number of rotatable bonds is 3. The van der Waals surface area contributed by atoms with E-state index in [1.807, 2.05) is 0 Å². The average molecular weight is 296 g/mol. The molecule has 0 fully saturated rings. The van der Waals surface area contributed by atoms with Crippen molar-refractivity contribution in [1.29, 1.82) is 0 Å². The summed E-state index contributed by atoms with van der Waals surface area (Å²) in [6, 6.07) is 6.08. The predicted molar refractivity (Wildman–Crippen MR) is 70.7 cm³/mol. The molecule has 2 rings (SSSR count). The Labute approximate surface area is 118 Å². The van der Waals surface area contributed by atoms with Crippen LogP contribution in [0.5, 0.6) is 0 Å². The van der Waals surface area contributed by atoms with E-state index < -0.39 is 17.7 Å². The minimum absolute atomic E-state index is 0.138. The number of alkyl halides is 3. The lowest BCUT2D eigenvalue weighted by atomic mass is 10.1. The number of benzene rings is 1. The van der Waals surface area contributed by atoms with E-state index in [-0.39, 0.29) is 11.4 Å². The van der Waals surface area contributed by atoms with E-state index in [9.17, 15) is 18.0 Å². The summed E-state index contributed by atoms with van der Waals surface area (Å²) in [5.74, 6) is -1.17. The highest BCUT2D eigenvalue weighted by Gasteiger charge is 2.30. The summed E-state index contributed by atoms with van der Waals surface area (Å²) < 4.78 is 38.0. The Morgan fingerprint density at radius 3 is 2.48 bits per heavy atom. The molecule has 0 unspecified atom stereocenters. The van der Waals surface area contributed by atoms with Crippen molar-refractivity contribution in [3.8, 4) is 0 Å². The van der Waals surface area contributed by atoms with Crippen molar-refractivity contribution in [1.82, 2.24) is 4.98 Å². The maximum Gasteiger partial charge on any atom is 0.416 e. The van der Waals surface area contributed by atoms with Gasteiger partial charge in [0.15, 0.2) is 0 Å². The number of anilines is 2. The van der Waals surface area contributed by atoms with E-state index in [0.717, 1.165) is 12.1 Å². The summed E-state index contributed by atoms with van der Waals surface area (Å²) in [5, 5.41) is 11.5. The number of aryl methyl sites for hydroxylation is 1. The van der Waals surface area contributed by atoms with Gasteiger partial charge >= 0.3 is 12.1 Å². The fraction of sp³-hybridized carbons (Fsp3) is 0.143. The zero-order chi connectivity index (χ0) is 15.6. The van der Waals surface area contributed by atoms with E-state index >= 15 is 0 Å². The Hall–Kier alpha value is -2.57. The number of aromatic nitrogens is 1. The second-order valence-electron chi connectivity index (χ2n) is 4.39. The SMILES string of the molecule is Cc1ccc(C(F)(F)F)cc1Nc1ccc(C(=O)O)nc1. The Morgan fingerprint density at radius 2 is 1.95 bits per heavy atom. The molecule has 0 aliphatic heterocycles. The summed E-state index contributed by atoms with van der Waals surface area (Å²) in [6.07, 6.45) is -3.17. The van der Waals surface area contributed by atoms with Crippen molar-refractivity contribution in [2.45, 2.75) is 13.1 Å². The number of hydrogen-bond acceptors (Lipinski definition) is 3. The molecule has 110 valence electrons. The highest BCUT2D eigenvalue weighted by atomic mass is 19.4. The molecule has 0 saturated heterocycles. The van der Waals surface area contributed by atoms with Gasteiger partial charge < -0.3 is 10.4 Å². The Balaban J connectivity index is 2.28. The zero-order valence-corrected chi connectivity index (χ0v) is 10.9. The third-order valence-electron chi connectivity index (χ3n) is 2.83. The van der Waals surface area contributed by atoms with Crippen LogP contribution >= 0.6 is 0 Å². The van der Waals surface area contributed by atoms with Crippen molar-refractivity contribution in [3.05, 3.63) is 53.3 Å². The van der Waals surface area contributed by atoms with Crippen molar-refractivity contribution >= 4 is 17.3 Å². The molecule has 2 N–H and O–H groups in total. The number of hydrogen-bond donors (Lipinski definition) is 2. The van der Waals surface area contributed by atoms with Gasteiger partial charge in [-0.15, -0.1) is 0 Å². The fourth-order valence-corrected chi connectivity index (χ4v) is 1.68. The molecular weight excluding hydrogens is 285 g/mol. The van der Waals surface area contributed by atoms with Crippen LogP contribution < -0.4 is 5.32 Å². The van der Waals surface area contributed by atoms with Gasteiger partial charge in [0, 0.05) is 5.69 Å². The quantitative estimate of drug-likeness (QED) is 0.903. The van der Waals surface area contributed by atoms with Crippen molar-refractivity contribution in [2.75, 3.05) is 5.32 Å². The molecule has 2 aromatic rings. The molecule has 21 heavy (non-hydrogen) atoms. The Morgan fingerprint density at radius 1 is 1.24 bits per heavy atom. The van der Waals surface area contributed by atoms with Crippen LogP contribution in [0.4, 0.5) is 24.5 Å². The van der Waals surface area contributed by atoms with Gasteiger partial charge in [-0.25, -0.2) is 9.78 Å². The van der Waals surface area contributed by atoms with Crippen molar-refractivity contribution < 1.29 is 23.1 Å². The topological polar surface area (TPSA) is 62.2 Å². The van der Waals surface area contributed by atoms with Crippen LogP contribution in [-0.2, 0) is 6.18 Å². The lowest BCUT2D eigenvalue weighted by Gasteiger charge is -2.13. The molecule has 1 aromatic heterocycles. The fourth-order valence-electron chi connectivity index (χ4n) is 1.68. The number of carboxylic acids is 1. The van der Waals surface area contributed by atoms with Gasteiger partial charge in [-0.1, -0.05) is 6.07 Å². The first-order chi connectivity index (χ1) is 9.77. The first kappa shape index (κ1) is 14.8. The van der Waals surface area contributed by atoms with Gasteiger partial charge in [-0.3, -0.25) is 0 Å². The van der Waals surface area contributed by atoms with E-state index in [4.69, 9.17) is 5.11 Å². The summed E-state index contributed by atoms with van der Waals surface area (Å²) >= 11 is 0. The summed E-state index contributed by atoms with van der Waals surface area (Å²) in [7, 11) is 0. The highest BCUT2D eigenvalue weighted by molar-refractivity contribution is 5.85. The second kappa shape index (κ2) is 5.43. The maximum atomic E-state index is 12.7. The molecule has 7 heteroatoms. The second-order valence-corrected chi connectivity index (χ2v) is 4.39. The number of pyridine rings is 1. The Kier molecular flexibility index (Phi) is 3.84. The van der Waals surface area contributed by atoms with Crippen LogP contribution in [0.25, 0.3) is 0 Å². The first-order valence-electron chi connectivity index (χ1n) is 5.91. The van der Waals surface area contributed by atoms with Gasteiger partial charge in [0.2, 0.25) is 0 Å². The molecule has 0 aliphatic rings. The van der Waals surface area contributed by atoms with Crippen molar-refractivity contribution in [3.63, 3.8) is 0 Å². The number of carboxylic acid groups (broad SMARTS) is 1. The van der Waals surface area contributed by atoms with Crippen LogP contribution in [0.3, 0.4) is 0 Å². The molecule has 1 aromatic carbocycles. The van der Waals surface area contributed by atoms with E-state index in [1.165, 1.54) is 24.4 Å². The van der Waals surface area contributed by atoms with E-state index in [1.54, 1.807) is 6.92 Å². The smallest absolute Gasteiger partial charge is 0.416 e. The molecule has 1 heterocycles. The molecule has 0 radical (unpaired) electrons. The highest BCUT2D eigenvalue weighted by Crippen LogP contribution is 2.32. The number of carbonyl (C=O) groups is 1. The predicted octanol–water partition coefficient (Wildman–Crippen LogP) is 3.85. The molecule has 4 nitrogen and oxygen atoms in total. The standard InChI is InChI=1S/C14H11F3N2O2/c1-8-2-3-9(14(15,16)17)6-12(8)19-10-4-5-11(13(20)21)18-7-10/h2-7,19H,1H3,(H,20,21). The monoisotopic (exact) mass is 296 g/mol. The molecule has 0 bridgehead atoms. The zero-order valence-electron chi connectivity index (χ0n) is 10.9. The van der Waals surface area contributed by atoms with Crippen LogP contribution in [0, 0.1) is 6.92 Å². The van der Waals surface area contributed by atoms with Gasteiger partial charge in [0.25, 0.3) is 0 Å². The summed E-state index contributed by atoms with van der Waals surface area (Å²) in [5.41, 5.74) is 0.425. The average Bonchev–Trinajstić information content (AvgIpc) is 2.40. The van der Waals surface area contributed by atoms with E-state index in [2.05, 4.69) is 10.3 Å². The molecule has 0 atom stereocenters. The third-order valence-corrected chi connectivity index (χ3v) is 2.83. The molecule has 0 amide bonds. The van der Waals surface area contributed by atoms with Gasteiger partial charge in [0.1, 0.15) is 5.69 Å². The van der Waals surface area contributed by atoms with Gasteiger partial charge in [0.05, 0.1) is 17.4 Å². The number of aromatic carboxylic acids is 1. The molecule has 0 aliphatic carbocycles. The van der Waals surface area contributed by atoms with Crippen LogP contribution in [0.2, 0.25) is 0 Å². The minimum atomic E-state index is -4.42. The van der Waals surface area contributed by atoms with Crippen molar-refractivity contribution in [2.24, 2.45) is 0 Å². The lowest BCUT2D eigenvalue weighted by molar-refractivity contribution is -0.137. The molecular formula is C14H11F3N2O2. The minimum Gasteiger partial charge on any atom is -0.477 e.